The van der Waals surface area contributed by atoms with Gasteiger partial charge < -0.3 is 15.8 Å². The molecule has 4 aliphatic rings. The largest absolute Gasteiger partial charge is 0.446 e. The number of nitrogens with two attached hydrogens (primary N) is 1. The minimum absolute atomic E-state index is 0.0186. The minimum atomic E-state index is -0.304. The van der Waals surface area contributed by atoms with Crippen LogP contribution in [0.25, 0.3) is 0 Å². The summed E-state index contributed by atoms with van der Waals surface area (Å²) in [5.74, 6) is 5.18. The molecule has 3 fully saturated rings. The Morgan fingerprint density at radius 1 is 1.12 bits per heavy atom. The van der Waals surface area contributed by atoms with Gasteiger partial charge in [-0.15, -0.1) is 0 Å². The Kier molecular flexibility index (Phi) is 8.06. The normalized spacial score (nSPS) is 40.1. The Morgan fingerprint density at radius 3 is 2.65 bits per heavy atom. The molecule has 1 unspecified atom stereocenters. The van der Waals surface area contributed by atoms with E-state index >= 15 is 0 Å². The standard InChI is InChI=1S/C30H52N2O2/c1-20(2)7-6-8-21(3)25-11-12-26-24-10-9-22-19-23(34-28(33)32-18-17-31)13-15-29(22,4)27(24)14-16-30(25,26)5/h9,20-21,23-27H,6-8,10-19,31H2,1-5H3,(H,32,33)/t21-,23+,24+,25-,26?,27+,29+,30-/m1/s1. The molecule has 0 aliphatic heterocycles. The first-order chi connectivity index (χ1) is 16.2. The molecule has 0 saturated heterocycles. The van der Waals surface area contributed by atoms with Gasteiger partial charge in [0.25, 0.3) is 0 Å². The zero-order chi connectivity index (χ0) is 24.5. The van der Waals surface area contributed by atoms with Crippen LogP contribution in [0, 0.1) is 46.3 Å². The summed E-state index contributed by atoms with van der Waals surface area (Å²) in [4.78, 5) is 12.1. The Labute approximate surface area is 209 Å². The van der Waals surface area contributed by atoms with Crippen molar-refractivity contribution in [2.45, 2.75) is 111 Å². The van der Waals surface area contributed by atoms with Crippen molar-refractivity contribution in [3.8, 4) is 0 Å². The predicted octanol–water partition coefficient (Wildman–Crippen LogP) is 7.08. The van der Waals surface area contributed by atoms with E-state index in [0.29, 0.717) is 23.9 Å². The fourth-order valence-electron chi connectivity index (χ4n) is 9.12. The van der Waals surface area contributed by atoms with Gasteiger partial charge in [-0.2, -0.15) is 0 Å². The van der Waals surface area contributed by atoms with E-state index in [1.165, 1.54) is 51.4 Å². The van der Waals surface area contributed by atoms with E-state index < -0.39 is 0 Å². The van der Waals surface area contributed by atoms with Crippen LogP contribution in [0.2, 0.25) is 0 Å². The van der Waals surface area contributed by atoms with Crippen LogP contribution in [0.4, 0.5) is 4.79 Å². The Bertz CT molecular complexity index is 748. The lowest BCUT2D eigenvalue weighted by atomic mass is 9.47. The van der Waals surface area contributed by atoms with E-state index in [2.05, 4.69) is 46.0 Å². The molecular formula is C30H52N2O2. The molecule has 0 aromatic carbocycles. The van der Waals surface area contributed by atoms with Crippen LogP contribution in [0.15, 0.2) is 11.6 Å². The molecule has 0 aromatic rings. The summed E-state index contributed by atoms with van der Waals surface area (Å²) >= 11 is 0. The summed E-state index contributed by atoms with van der Waals surface area (Å²) in [6, 6.07) is 0. The van der Waals surface area contributed by atoms with E-state index in [4.69, 9.17) is 10.5 Å². The van der Waals surface area contributed by atoms with Crippen LogP contribution >= 0.6 is 0 Å². The molecule has 34 heavy (non-hydrogen) atoms. The fourth-order valence-corrected chi connectivity index (χ4v) is 9.12. The SMILES string of the molecule is CC(C)CCC[C@@H](C)[C@H]1CCC2[C@@H]3CC=C4C[C@@H](OC(=O)NCCN)CC[C@]4(C)[C@H]3CC[C@@]21C. The molecule has 4 heteroatoms. The number of amides is 1. The molecule has 3 N–H and O–H groups in total. The maximum Gasteiger partial charge on any atom is 0.407 e. The van der Waals surface area contributed by atoms with Crippen LogP contribution in [0.5, 0.6) is 0 Å². The van der Waals surface area contributed by atoms with Crippen LogP contribution in [-0.4, -0.2) is 25.3 Å². The molecule has 4 rings (SSSR count). The topological polar surface area (TPSA) is 64.3 Å². The quantitative estimate of drug-likeness (QED) is 0.371. The number of hydrogen-bond acceptors (Lipinski definition) is 3. The van der Waals surface area contributed by atoms with E-state index in [0.717, 1.165) is 54.8 Å². The van der Waals surface area contributed by atoms with E-state index in [1.54, 1.807) is 5.57 Å². The van der Waals surface area contributed by atoms with Crippen LogP contribution < -0.4 is 11.1 Å². The van der Waals surface area contributed by atoms with Gasteiger partial charge in [-0.25, -0.2) is 4.79 Å². The fraction of sp³-hybridized carbons (Fsp3) is 0.900. The van der Waals surface area contributed by atoms with Gasteiger partial charge in [0.05, 0.1) is 0 Å². The molecule has 0 bridgehead atoms. The molecule has 4 nitrogen and oxygen atoms in total. The van der Waals surface area contributed by atoms with Gasteiger partial charge in [-0.3, -0.25) is 0 Å². The Morgan fingerprint density at radius 2 is 1.91 bits per heavy atom. The molecule has 8 atom stereocenters. The van der Waals surface area contributed by atoms with Crippen LogP contribution in [0.1, 0.15) is 105 Å². The van der Waals surface area contributed by atoms with Crippen molar-refractivity contribution in [3.63, 3.8) is 0 Å². The van der Waals surface area contributed by atoms with E-state index in [-0.39, 0.29) is 12.2 Å². The second kappa shape index (κ2) is 10.5. The number of fused-ring (bicyclic) bond motifs is 5. The van der Waals surface area contributed by atoms with Gasteiger partial charge in [0.1, 0.15) is 6.10 Å². The third-order valence-corrected chi connectivity index (χ3v) is 10.9. The van der Waals surface area contributed by atoms with Gasteiger partial charge in [-0.05, 0) is 91.3 Å². The second-order valence-corrected chi connectivity index (χ2v) is 13.3. The summed E-state index contributed by atoms with van der Waals surface area (Å²) in [6.45, 7) is 13.4. The zero-order valence-corrected chi connectivity index (χ0v) is 22.7. The number of rotatable bonds is 8. The molecule has 3 saturated carbocycles. The van der Waals surface area contributed by atoms with Crippen LogP contribution in [0.3, 0.4) is 0 Å². The zero-order valence-electron chi connectivity index (χ0n) is 22.7. The van der Waals surface area contributed by atoms with Crippen molar-refractivity contribution < 1.29 is 9.53 Å². The number of alkyl carbamates (subject to hydrolysis) is 1. The maximum atomic E-state index is 12.1. The summed E-state index contributed by atoms with van der Waals surface area (Å²) in [5.41, 5.74) is 7.93. The Balaban J connectivity index is 1.41. The van der Waals surface area contributed by atoms with Crippen molar-refractivity contribution in [2.24, 2.45) is 52.1 Å². The molecule has 0 aromatic heterocycles. The summed E-state index contributed by atoms with van der Waals surface area (Å²) in [5, 5.41) is 2.76. The van der Waals surface area contributed by atoms with Gasteiger partial charge in [0, 0.05) is 19.5 Å². The summed E-state index contributed by atoms with van der Waals surface area (Å²) < 4.78 is 5.75. The van der Waals surface area contributed by atoms with Crippen LogP contribution in [-0.2, 0) is 4.74 Å². The van der Waals surface area contributed by atoms with Crippen molar-refractivity contribution in [3.05, 3.63) is 11.6 Å². The third-order valence-electron chi connectivity index (χ3n) is 10.9. The first-order valence-corrected chi connectivity index (χ1v) is 14.5. The monoisotopic (exact) mass is 472 g/mol. The van der Waals surface area contributed by atoms with Crippen molar-refractivity contribution in [1.29, 1.82) is 0 Å². The van der Waals surface area contributed by atoms with E-state index in [9.17, 15) is 4.79 Å². The first kappa shape index (κ1) is 26.0. The molecule has 4 aliphatic carbocycles. The average molecular weight is 473 g/mol. The van der Waals surface area contributed by atoms with Gasteiger partial charge >= 0.3 is 6.09 Å². The maximum absolute atomic E-state index is 12.1. The third kappa shape index (κ3) is 4.95. The number of carbonyl (C=O) groups is 1. The minimum Gasteiger partial charge on any atom is -0.446 e. The Hall–Kier alpha value is -1.03. The van der Waals surface area contributed by atoms with Gasteiger partial charge in [0.15, 0.2) is 0 Å². The number of allylic oxidation sites excluding steroid dienone is 1. The second-order valence-electron chi connectivity index (χ2n) is 13.3. The number of hydrogen-bond donors (Lipinski definition) is 2. The number of carbonyl (C=O) groups excluding carboxylic acids is 1. The van der Waals surface area contributed by atoms with Gasteiger partial charge in [-0.1, -0.05) is 65.5 Å². The molecule has 194 valence electrons. The van der Waals surface area contributed by atoms with Crippen molar-refractivity contribution >= 4 is 6.09 Å². The highest BCUT2D eigenvalue weighted by Gasteiger charge is 2.59. The highest BCUT2D eigenvalue weighted by atomic mass is 16.6. The smallest absolute Gasteiger partial charge is 0.407 e. The van der Waals surface area contributed by atoms with E-state index in [1.807, 2.05) is 0 Å². The lowest BCUT2D eigenvalue weighted by molar-refractivity contribution is -0.0581. The molecule has 0 spiro atoms. The molecule has 0 radical (unpaired) electrons. The molecular weight excluding hydrogens is 420 g/mol. The lowest BCUT2D eigenvalue weighted by Crippen LogP contribution is -2.51. The average Bonchev–Trinajstić information content (AvgIpc) is 3.15. The number of ether oxygens (including phenoxy) is 1. The molecule has 1 amide bonds. The number of nitrogens with one attached hydrogen (secondary N) is 1. The summed E-state index contributed by atoms with van der Waals surface area (Å²) in [7, 11) is 0. The highest BCUT2D eigenvalue weighted by Crippen LogP contribution is 2.67. The van der Waals surface area contributed by atoms with Crippen molar-refractivity contribution in [2.75, 3.05) is 13.1 Å². The summed E-state index contributed by atoms with van der Waals surface area (Å²) in [6.07, 6.45) is 16.5. The highest BCUT2D eigenvalue weighted by molar-refractivity contribution is 5.67. The predicted molar refractivity (Wildman–Crippen MR) is 140 cm³/mol. The van der Waals surface area contributed by atoms with Crippen molar-refractivity contribution in [1.82, 2.24) is 5.32 Å². The lowest BCUT2D eigenvalue weighted by Gasteiger charge is -2.58. The first-order valence-electron chi connectivity index (χ1n) is 14.5. The molecule has 0 heterocycles. The van der Waals surface area contributed by atoms with Gasteiger partial charge in [0.2, 0.25) is 0 Å².